The number of hydrogen-bond acceptors (Lipinski definition) is 15. The first-order valence-corrected chi connectivity index (χ1v) is 19.2. The summed E-state index contributed by atoms with van der Waals surface area (Å²) < 4.78 is 160. The van der Waals surface area contributed by atoms with E-state index in [1.807, 2.05) is 0 Å². The van der Waals surface area contributed by atoms with Crippen molar-refractivity contribution in [2.45, 2.75) is 24.7 Å². The fraction of sp³-hybridized carbons (Fsp3) is 0.263. The minimum absolute atomic E-state index is 0.0146. The van der Waals surface area contributed by atoms with Gasteiger partial charge in [0.15, 0.2) is 24.6 Å². The summed E-state index contributed by atoms with van der Waals surface area (Å²) in [7, 11) is 0. The van der Waals surface area contributed by atoms with Gasteiger partial charge in [-0.25, -0.2) is 44.1 Å². The highest BCUT2D eigenvalue weighted by Crippen LogP contribution is 2.32. The van der Waals surface area contributed by atoms with E-state index in [0.29, 0.717) is 22.5 Å². The zero-order valence-electron chi connectivity index (χ0n) is 35.3. The molecule has 6 aromatic rings. The first-order valence-electron chi connectivity index (χ1n) is 19.2. The van der Waals surface area contributed by atoms with Crippen molar-refractivity contribution in [1.82, 2.24) is 65.4 Å². The summed E-state index contributed by atoms with van der Waals surface area (Å²) in [6.07, 6.45) is -9.88. The quantitative estimate of drug-likeness (QED) is 0.0709. The van der Waals surface area contributed by atoms with E-state index in [0.717, 1.165) is 30.9 Å². The van der Waals surface area contributed by atoms with Gasteiger partial charge in [0.2, 0.25) is 23.7 Å². The molecule has 6 N–H and O–H groups in total. The fourth-order valence-electron chi connectivity index (χ4n) is 4.86. The van der Waals surface area contributed by atoms with Gasteiger partial charge in [-0.2, -0.15) is 62.9 Å². The van der Waals surface area contributed by atoms with E-state index < -0.39 is 84.1 Å². The Hall–Kier alpha value is -8.52. The summed E-state index contributed by atoms with van der Waals surface area (Å²) in [5, 5.41) is 22.3. The number of pyridine rings is 2. The summed E-state index contributed by atoms with van der Waals surface area (Å²) in [5.41, 5.74) is 0.772. The number of alkyl halides is 12. The van der Waals surface area contributed by atoms with E-state index in [2.05, 4.69) is 65.5 Å². The number of nitrogens with two attached hydrogens (primary N) is 1. The summed E-state index contributed by atoms with van der Waals surface area (Å²) in [4.78, 5) is 68.6. The maximum absolute atomic E-state index is 13.3. The molecular weight excluding hydrogens is 992 g/mol. The van der Waals surface area contributed by atoms with Crippen molar-refractivity contribution < 1.29 is 86.4 Å². The third-order valence-electron chi connectivity index (χ3n) is 7.85. The van der Waals surface area contributed by atoms with Crippen molar-refractivity contribution in [2.24, 2.45) is 5.73 Å². The lowest BCUT2D eigenvalue weighted by molar-refractivity contribution is -0.154. The Kier molecular flexibility index (Phi) is 18.7. The molecule has 6 rings (SSSR count). The number of nitrogens with zero attached hydrogens (tertiary/aromatic N) is 10. The Labute approximate surface area is 388 Å². The first kappa shape index (κ1) is 55.1. The topological polar surface area (TPSA) is 282 Å². The summed E-state index contributed by atoms with van der Waals surface area (Å²) in [6, 6.07) is 7.67. The SMILES string of the molecule is NCCNC(=O)c1ccc(OCC(F)(F)F)nc1.O=C(NCCNC(=O)c1cn(-c2ncccn2)nc1C(F)(F)F)c1ccc(OCC(F)(F)F)nc1.O=C(O)c1cn(-c2ncccn2)nc1C(F)(F)F. The number of carboxylic acid groups (broad SMARTS) is 1. The first-order chi connectivity index (χ1) is 33.3. The van der Waals surface area contributed by atoms with Crippen LogP contribution in [-0.4, -0.2) is 130 Å². The molecule has 71 heavy (non-hydrogen) atoms. The number of ether oxygens (including phenoxy) is 2. The van der Waals surface area contributed by atoms with E-state index in [1.54, 1.807) is 0 Å². The van der Waals surface area contributed by atoms with Crippen molar-refractivity contribution in [3.05, 3.63) is 120 Å². The Bertz CT molecular complexity index is 2680. The monoisotopic (exact) mass is 1020 g/mol. The van der Waals surface area contributed by atoms with E-state index in [4.69, 9.17) is 10.8 Å². The van der Waals surface area contributed by atoms with Crippen molar-refractivity contribution in [3.63, 3.8) is 0 Å². The average molecular weight is 1020 g/mol. The molecule has 0 fully saturated rings. The zero-order valence-corrected chi connectivity index (χ0v) is 35.3. The molecule has 0 atom stereocenters. The van der Waals surface area contributed by atoms with E-state index in [-0.39, 0.29) is 47.9 Å². The second-order valence-corrected chi connectivity index (χ2v) is 13.2. The Morgan fingerprint density at radius 2 is 0.930 bits per heavy atom. The van der Waals surface area contributed by atoms with Gasteiger partial charge in [0.05, 0.1) is 16.7 Å². The number of carboxylic acids is 1. The average Bonchev–Trinajstić information content (AvgIpc) is 4.00. The van der Waals surface area contributed by atoms with Crippen LogP contribution in [0.5, 0.6) is 11.8 Å². The second kappa shape index (κ2) is 24.2. The number of carbonyl (C=O) groups excluding carboxylic acids is 3. The van der Waals surface area contributed by atoms with Crippen LogP contribution in [0.4, 0.5) is 52.7 Å². The standard InChI is InChI=1S/C19H15F6N7O3.C10H12F3N3O2.C9H5F3N4O2/c20-18(21,22)10-35-13-3-2-11(8-30-13)15(33)26-6-7-27-16(34)12-9-32(17-28-4-1-5-29-17)31-14(12)19(23,24)25;11-10(12,13)6-18-8-2-1-7(5-16-8)9(17)15-4-3-14;10-9(11,12)6-5(7(17)18)4-16(15-6)8-13-2-1-3-14-8/h1-5,8-9H,6-7,10H2,(H,26,33)(H,27,34);1-2,5H,3-4,6,14H2,(H,15,17);1-4H,(H,17,18). The molecule has 0 radical (unpaired) electrons. The lowest BCUT2D eigenvalue weighted by Gasteiger charge is -2.09. The molecule has 33 heteroatoms. The molecular formula is C38H32F12N14O7. The minimum atomic E-state index is -4.93. The highest BCUT2D eigenvalue weighted by Gasteiger charge is 2.41. The highest BCUT2D eigenvalue weighted by molar-refractivity contribution is 5.96. The molecule has 0 unspecified atom stereocenters. The fourth-order valence-corrected chi connectivity index (χ4v) is 4.86. The molecule has 0 bridgehead atoms. The van der Waals surface area contributed by atoms with Crippen molar-refractivity contribution >= 4 is 23.7 Å². The van der Waals surface area contributed by atoms with Crippen LogP contribution in [0.25, 0.3) is 11.9 Å². The Morgan fingerprint density at radius 1 is 0.549 bits per heavy atom. The number of rotatable bonds is 15. The number of nitrogens with one attached hydrogen (secondary N) is 3. The predicted octanol–water partition coefficient (Wildman–Crippen LogP) is 4.27. The summed E-state index contributed by atoms with van der Waals surface area (Å²) in [6.45, 7) is -2.77. The van der Waals surface area contributed by atoms with E-state index in [1.165, 1.54) is 55.1 Å². The van der Waals surface area contributed by atoms with Gasteiger partial charge in [-0.1, -0.05) is 0 Å². The van der Waals surface area contributed by atoms with Gasteiger partial charge in [0.1, 0.15) is 5.56 Å². The van der Waals surface area contributed by atoms with Gasteiger partial charge in [-0.15, -0.1) is 0 Å². The molecule has 0 aliphatic rings. The van der Waals surface area contributed by atoms with Crippen LogP contribution in [0.2, 0.25) is 0 Å². The van der Waals surface area contributed by atoms with Gasteiger partial charge in [-0.3, -0.25) is 14.4 Å². The van der Waals surface area contributed by atoms with Crippen LogP contribution in [0.3, 0.4) is 0 Å². The number of carbonyl (C=O) groups is 4. The van der Waals surface area contributed by atoms with Gasteiger partial charge in [-0.05, 0) is 24.3 Å². The van der Waals surface area contributed by atoms with Gasteiger partial charge in [0, 0.05) is 87.9 Å². The number of aromatic carboxylic acids is 1. The summed E-state index contributed by atoms with van der Waals surface area (Å²) in [5.74, 6) is -4.74. The van der Waals surface area contributed by atoms with Crippen LogP contribution >= 0.6 is 0 Å². The van der Waals surface area contributed by atoms with Crippen LogP contribution < -0.4 is 31.2 Å². The van der Waals surface area contributed by atoms with Crippen LogP contribution in [0.15, 0.2) is 86.0 Å². The summed E-state index contributed by atoms with van der Waals surface area (Å²) >= 11 is 0. The van der Waals surface area contributed by atoms with Crippen LogP contribution in [-0.2, 0) is 12.4 Å². The van der Waals surface area contributed by atoms with Gasteiger partial charge in [0.25, 0.3) is 17.7 Å². The van der Waals surface area contributed by atoms with E-state index in [9.17, 15) is 71.9 Å². The predicted molar refractivity (Wildman–Crippen MR) is 213 cm³/mol. The molecule has 0 aliphatic carbocycles. The number of hydrogen-bond donors (Lipinski definition) is 5. The lowest BCUT2D eigenvalue weighted by atomic mass is 10.2. The molecule has 0 aromatic carbocycles. The Morgan fingerprint density at radius 3 is 1.27 bits per heavy atom. The number of amides is 3. The molecule has 0 saturated carbocycles. The van der Waals surface area contributed by atoms with Crippen molar-refractivity contribution in [1.29, 1.82) is 0 Å². The highest BCUT2D eigenvalue weighted by atomic mass is 19.4. The lowest BCUT2D eigenvalue weighted by Crippen LogP contribution is -2.35. The molecule has 21 nitrogen and oxygen atoms in total. The molecule has 0 aliphatic heterocycles. The third kappa shape index (κ3) is 17.8. The molecule has 0 spiro atoms. The molecule has 6 heterocycles. The van der Waals surface area contributed by atoms with Crippen LogP contribution in [0.1, 0.15) is 52.8 Å². The maximum atomic E-state index is 13.3. The maximum Gasteiger partial charge on any atom is 0.436 e. The minimum Gasteiger partial charge on any atom is -0.478 e. The molecule has 3 amide bonds. The molecule has 0 saturated heterocycles. The van der Waals surface area contributed by atoms with Crippen molar-refractivity contribution in [2.75, 3.05) is 39.4 Å². The van der Waals surface area contributed by atoms with E-state index >= 15 is 0 Å². The largest absolute Gasteiger partial charge is 0.478 e. The van der Waals surface area contributed by atoms with Gasteiger partial charge < -0.3 is 36.3 Å². The molecule has 380 valence electrons. The molecule has 6 aromatic heterocycles. The second-order valence-electron chi connectivity index (χ2n) is 13.2. The van der Waals surface area contributed by atoms with Crippen LogP contribution in [0, 0.1) is 0 Å². The zero-order chi connectivity index (χ0) is 52.6. The third-order valence-corrected chi connectivity index (χ3v) is 7.85. The van der Waals surface area contributed by atoms with Crippen molar-refractivity contribution in [3.8, 4) is 23.7 Å². The smallest absolute Gasteiger partial charge is 0.436 e. The number of halogens is 12. The number of aromatic nitrogens is 10. The van der Waals surface area contributed by atoms with Gasteiger partial charge >= 0.3 is 30.7 Å². The normalized spacial score (nSPS) is 11.5. The Balaban J connectivity index is 0.000000255.